The molecule has 0 amide bonds. The van der Waals surface area contributed by atoms with E-state index in [-0.39, 0.29) is 0 Å². The van der Waals surface area contributed by atoms with Gasteiger partial charge in [-0.15, -0.1) is 0 Å². The second-order valence-corrected chi connectivity index (χ2v) is 5.69. The van der Waals surface area contributed by atoms with Gasteiger partial charge in [0.2, 0.25) is 0 Å². The summed E-state index contributed by atoms with van der Waals surface area (Å²) in [5.74, 6) is 3.22. The molecule has 1 heteroatoms. The molecule has 15 heavy (non-hydrogen) atoms. The van der Waals surface area contributed by atoms with Crippen molar-refractivity contribution in [1.29, 1.82) is 0 Å². The molecule has 0 saturated heterocycles. The number of allylic oxidation sites excluding steroid dienone is 1. The van der Waals surface area contributed by atoms with Crippen molar-refractivity contribution in [3.05, 3.63) is 11.6 Å². The zero-order valence-corrected chi connectivity index (χ0v) is 9.84. The van der Waals surface area contributed by atoms with Crippen LogP contribution in [0.4, 0.5) is 0 Å². The van der Waals surface area contributed by atoms with E-state index >= 15 is 0 Å². The highest BCUT2D eigenvalue weighted by molar-refractivity contribution is 5.18. The first kappa shape index (κ1) is 9.89. The van der Waals surface area contributed by atoms with E-state index in [4.69, 9.17) is 0 Å². The molecular weight excluding hydrogens is 182 g/mol. The van der Waals surface area contributed by atoms with Crippen LogP contribution in [0, 0.1) is 17.8 Å². The van der Waals surface area contributed by atoms with E-state index in [9.17, 15) is 0 Å². The number of rotatable bonds is 4. The van der Waals surface area contributed by atoms with Gasteiger partial charge in [0.25, 0.3) is 0 Å². The molecule has 84 valence electrons. The smallest absolute Gasteiger partial charge is 0.0307 e. The Balaban J connectivity index is 1.66. The van der Waals surface area contributed by atoms with Crippen molar-refractivity contribution >= 4 is 0 Å². The highest BCUT2D eigenvalue weighted by Crippen LogP contribution is 2.56. The van der Waals surface area contributed by atoms with Crippen molar-refractivity contribution in [2.24, 2.45) is 17.8 Å². The van der Waals surface area contributed by atoms with Gasteiger partial charge in [-0.2, -0.15) is 0 Å². The summed E-state index contributed by atoms with van der Waals surface area (Å²) < 4.78 is 0. The highest BCUT2D eigenvalue weighted by Gasteiger charge is 2.48. The maximum Gasteiger partial charge on any atom is 0.0307 e. The van der Waals surface area contributed by atoms with Crippen LogP contribution in [0.1, 0.15) is 45.4 Å². The molecule has 0 spiro atoms. The number of hydrogen-bond donors (Lipinski definition) is 1. The van der Waals surface area contributed by atoms with E-state index in [1.54, 1.807) is 12.0 Å². The molecule has 0 aromatic heterocycles. The Hall–Kier alpha value is -0.300. The van der Waals surface area contributed by atoms with E-state index in [2.05, 4.69) is 18.3 Å². The third-order valence-corrected chi connectivity index (χ3v) is 4.65. The topological polar surface area (TPSA) is 12.0 Å². The molecule has 0 aromatic carbocycles. The monoisotopic (exact) mass is 205 g/mol. The van der Waals surface area contributed by atoms with Gasteiger partial charge in [0.05, 0.1) is 0 Å². The average molecular weight is 205 g/mol. The average Bonchev–Trinajstić information content (AvgIpc) is 2.75. The highest BCUT2D eigenvalue weighted by atomic mass is 14.9. The van der Waals surface area contributed by atoms with Crippen LogP contribution in [0.5, 0.6) is 0 Å². The fraction of sp³-hybridized carbons (Fsp3) is 0.857. The maximum atomic E-state index is 3.74. The number of likely N-dealkylation sites (N-methyl/N-ethyl adjacent to an activating group) is 1. The fourth-order valence-electron chi connectivity index (χ4n) is 3.83. The Labute approximate surface area is 93.3 Å². The van der Waals surface area contributed by atoms with Crippen LogP contribution in [0.15, 0.2) is 11.6 Å². The van der Waals surface area contributed by atoms with Crippen LogP contribution in [0.3, 0.4) is 0 Å². The molecular formula is C14H23N. The quantitative estimate of drug-likeness (QED) is 0.695. The minimum absolute atomic E-state index is 0.741. The first-order valence-corrected chi connectivity index (χ1v) is 6.80. The molecule has 1 N–H and O–H groups in total. The van der Waals surface area contributed by atoms with E-state index in [1.165, 1.54) is 32.1 Å². The minimum Gasteiger partial charge on any atom is -0.310 e. The van der Waals surface area contributed by atoms with E-state index < -0.39 is 0 Å². The summed E-state index contributed by atoms with van der Waals surface area (Å²) >= 11 is 0. The van der Waals surface area contributed by atoms with E-state index in [0.717, 1.165) is 30.3 Å². The number of nitrogens with one attached hydrogen (secondary N) is 1. The van der Waals surface area contributed by atoms with Crippen LogP contribution in [-0.2, 0) is 0 Å². The van der Waals surface area contributed by atoms with Crippen LogP contribution in [0.25, 0.3) is 0 Å². The number of hydrogen-bond acceptors (Lipinski definition) is 1. The molecule has 0 heterocycles. The SMILES string of the molecule is CCNC(C1=CCCC1)C1CC2CC2C1. The second-order valence-electron chi connectivity index (χ2n) is 5.69. The molecule has 2 fully saturated rings. The van der Waals surface area contributed by atoms with E-state index in [1.807, 2.05) is 0 Å². The zero-order chi connectivity index (χ0) is 10.3. The van der Waals surface area contributed by atoms with Crippen LogP contribution in [0.2, 0.25) is 0 Å². The van der Waals surface area contributed by atoms with Gasteiger partial charge in [-0.05, 0) is 62.8 Å². The zero-order valence-electron chi connectivity index (χ0n) is 9.84. The van der Waals surface area contributed by atoms with Crippen molar-refractivity contribution < 1.29 is 0 Å². The summed E-state index contributed by atoms with van der Waals surface area (Å²) in [6, 6.07) is 0.741. The summed E-state index contributed by atoms with van der Waals surface area (Å²) in [6.45, 7) is 3.38. The molecule has 3 atom stereocenters. The minimum atomic E-state index is 0.741. The van der Waals surface area contributed by atoms with Gasteiger partial charge in [0.1, 0.15) is 0 Å². The summed E-state index contributed by atoms with van der Waals surface area (Å²) in [4.78, 5) is 0. The van der Waals surface area contributed by atoms with Gasteiger partial charge in [0, 0.05) is 6.04 Å². The molecule has 0 radical (unpaired) electrons. The Kier molecular flexibility index (Phi) is 2.59. The molecule has 2 saturated carbocycles. The van der Waals surface area contributed by atoms with Gasteiger partial charge in [-0.1, -0.05) is 18.6 Å². The molecule has 0 aliphatic heterocycles. The third-order valence-electron chi connectivity index (χ3n) is 4.65. The molecule has 0 aromatic rings. The lowest BCUT2D eigenvalue weighted by Crippen LogP contribution is -2.37. The molecule has 3 unspecified atom stereocenters. The van der Waals surface area contributed by atoms with Crippen LogP contribution in [-0.4, -0.2) is 12.6 Å². The lowest BCUT2D eigenvalue weighted by atomic mass is 9.88. The Bertz CT molecular complexity index is 259. The van der Waals surface area contributed by atoms with Crippen molar-refractivity contribution in [2.75, 3.05) is 6.54 Å². The standard InChI is InChI=1S/C14H23N/c1-2-15-14(10-5-3-4-6-10)13-8-11-7-12(11)9-13/h5,11-15H,2-4,6-9H2,1H3. The molecule has 3 rings (SSSR count). The van der Waals surface area contributed by atoms with Gasteiger partial charge < -0.3 is 5.32 Å². The van der Waals surface area contributed by atoms with Gasteiger partial charge in [-0.3, -0.25) is 0 Å². The second kappa shape index (κ2) is 3.93. The first-order valence-electron chi connectivity index (χ1n) is 6.80. The normalized spacial score (nSPS) is 40.1. The first-order chi connectivity index (χ1) is 7.38. The Morgan fingerprint density at radius 2 is 2.13 bits per heavy atom. The summed E-state index contributed by atoms with van der Waals surface area (Å²) in [5, 5.41) is 3.74. The van der Waals surface area contributed by atoms with Crippen molar-refractivity contribution in [2.45, 2.75) is 51.5 Å². The maximum absolute atomic E-state index is 3.74. The van der Waals surface area contributed by atoms with Crippen LogP contribution < -0.4 is 5.32 Å². The Morgan fingerprint density at radius 3 is 2.73 bits per heavy atom. The predicted molar refractivity (Wildman–Crippen MR) is 63.7 cm³/mol. The lowest BCUT2D eigenvalue weighted by molar-refractivity contribution is 0.371. The molecule has 1 nitrogen and oxygen atoms in total. The van der Waals surface area contributed by atoms with Gasteiger partial charge >= 0.3 is 0 Å². The Morgan fingerprint density at radius 1 is 1.33 bits per heavy atom. The fourth-order valence-corrected chi connectivity index (χ4v) is 3.83. The van der Waals surface area contributed by atoms with E-state index in [0.29, 0.717) is 0 Å². The molecule has 0 bridgehead atoms. The lowest BCUT2D eigenvalue weighted by Gasteiger charge is -2.27. The summed E-state index contributed by atoms with van der Waals surface area (Å²) in [7, 11) is 0. The van der Waals surface area contributed by atoms with Crippen molar-refractivity contribution in [3.8, 4) is 0 Å². The summed E-state index contributed by atoms with van der Waals surface area (Å²) in [5.41, 5.74) is 1.74. The van der Waals surface area contributed by atoms with Crippen molar-refractivity contribution in [1.82, 2.24) is 5.32 Å². The van der Waals surface area contributed by atoms with Crippen LogP contribution >= 0.6 is 0 Å². The molecule has 3 aliphatic rings. The molecule has 3 aliphatic carbocycles. The summed E-state index contributed by atoms with van der Waals surface area (Å²) in [6.07, 6.45) is 11.2. The number of fused-ring (bicyclic) bond motifs is 1. The van der Waals surface area contributed by atoms with Gasteiger partial charge in [0.15, 0.2) is 0 Å². The third kappa shape index (κ3) is 1.87. The van der Waals surface area contributed by atoms with Gasteiger partial charge in [-0.25, -0.2) is 0 Å². The van der Waals surface area contributed by atoms with Crippen molar-refractivity contribution in [3.63, 3.8) is 0 Å². The predicted octanol–water partition coefficient (Wildman–Crippen LogP) is 3.12. The largest absolute Gasteiger partial charge is 0.310 e.